The van der Waals surface area contributed by atoms with Gasteiger partial charge in [-0.1, -0.05) is 12.1 Å². The van der Waals surface area contributed by atoms with Crippen molar-refractivity contribution in [1.82, 2.24) is 10.3 Å². The minimum absolute atomic E-state index is 0.550. The number of hydrazine groups is 1. The molecule has 1 aromatic carbocycles. The number of benzene rings is 1. The van der Waals surface area contributed by atoms with Crippen LogP contribution in [0.1, 0.15) is 24.0 Å². The van der Waals surface area contributed by atoms with Crippen LogP contribution in [0.4, 0.5) is 5.69 Å². The zero-order chi connectivity index (χ0) is 14.2. The highest BCUT2D eigenvalue weighted by molar-refractivity contribution is 5.59. The average Bonchev–Trinajstić information content (AvgIpc) is 3.18. The normalized spacial score (nSPS) is 22.4. The second kappa shape index (κ2) is 5.59. The van der Waals surface area contributed by atoms with E-state index in [1.165, 1.54) is 29.7 Å². The summed E-state index contributed by atoms with van der Waals surface area (Å²) in [5, 5.41) is 8.37. The second-order valence-corrected chi connectivity index (χ2v) is 6.64. The number of nitrogens with one attached hydrogen (secondary N) is 1. The number of aryl methyl sites for hydroxylation is 1. The topological polar surface area (TPSA) is 27.7 Å². The molecule has 0 amide bonds. The van der Waals surface area contributed by atoms with Gasteiger partial charge < -0.3 is 15.1 Å². The van der Waals surface area contributed by atoms with Gasteiger partial charge in [-0.05, 0) is 42.9 Å². The fraction of sp³-hybridized carbons (Fsp3) is 0.647. The van der Waals surface area contributed by atoms with E-state index < -0.39 is 0 Å². The van der Waals surface area contributed by atoms with Crippen molar-refractivity contribution in [2.75, 3.05) is 37.8 Å². The zero-order valence-electron chi connectivity index (χ0n) is 12.8. The summed E-state index contributed by atoms with van der Waals surface area (Å²) in [5.41, 5.74) is 4.30. The quantitative estimate of drug-likeness (QED) is 0.865. The predicted molar refractivity (Wildman–Crippen MR) is 84.3 cm³/mol. The SMILES string of the molecule is Cc1cccc2c1CN(CC1CNC1)N2CCOC1CC1. The molecule has 1 N–H and O–H groups in total. The van der Waals surface area contributed by atoms with Gasteiger partial charge >= 0.3 is 0 Å². The molecular weight excluding hydrogens is 262 g/mol. The van der Waals surface area contributed by atoms with Crippen LogP contribution in [0.3, 0.4) is 0 Å². The molecule has 0 aromatic heterocycles. The summed E-state index contributed by atoms with van der Waals surface area (Å²) in [4.78, 5) is 0. The summed E-state index contributed by atoms with van der Waals surface area (Å²) >= 11 is 0. The Bertz CT molecular complexity index is 511. The van der Waals surface area contributed by atoms with E-state index >= 15 is 0 Å². The molecule has 0 unspecified atom stereocenters. The molecule has 1 saturated heterocycles. The van der Waals surface area contributed by atoms with Crippen LogP contribution in [-0.4, -0.2) is 43.9 Å². The van der Waals surface area contributed by atoms with Gasteiger partial charge in [0.2, 0.25) is 0 Å². The molecule has 3 aliphatic rings. The van der Waals surface area contributed by atoms with Crippen LogP contribution in [0.5, 0.6) is 0 Å². The largest absolute Gasteiger partial charge is 0.376 e. The molecule has 4 heteroatoms. The third kappa shape index (κ3) is 2.80. The van der Waals surface area contributed by atoms with Gasteiger partial charge in [-0.2, -0.15) is 0 Å². The first-order valence-electron chi connectivity index (χ1n) is 8.24. The molecule has 4 nitrogen and oxygen atoms in total. The fourth-order valence-corrected chi connectivity index (χ4v) is 3.30. The number of ether oxygens (including phenoxy) is 1. The minimum atomic E-state index is 0.550. The minimum Gasteiger partial charge on any atom is -0.376 e. The maximum atomic E-state index is 5.87. The number of hydrogen-bond donors (Lipinski definition) is 1. The third-order valence-corrected chi connectivity index (χ3v) is 4.86. The van der Waals surface area contributed by atoms with Crippen molar-refractivity contribution in [3.8, 4) is 0 Å². The van der Waals surface area contributed by atoms with E-state index in [-0.39, 0.29) is 0 Å². The molecular formula is C17H25N3O. The smallest absolute Gasteiger partial charge is 0.0661 e. The third-order valence-electron chi connectivity index (χ3n) is 4.86. The average molecular weight is 287 g/mol. The van der Waals surface area contributed by atoms with Gasteiger partial charge in [0.05, 0.1) is 24.9 Å². The zero-order valence-corrected chi connectivity index (χ0v) is 12.8. The molecule has 1 aromatic rings. The van der Waals surface area contributed by atoms with E-state index in [0.29, 0.717) is 6.10 Å². The maximum Gasteiger partial charge on any atom is 0.0661 e. The van der Waals surface area contributed by atoms with E-state index in [4.69, 9.17) is 4.74 Å². The van der Waals surface area contributed by atoms with Crippen LogP contribution in [0.25, 0.3) is 0 Å². The Balaban J connectivity index is 1.47. The Hall–Kier alpha value is -1.10. The molecule has 1 aliphatic carbocycles. The highest BCUT2D eigenvalue weighted by atomic mass is 16.5. The van der Waals surface area contributed by atoms with Crippen molar-refractivity contribution in [2.45, 2.75) is 32.4 Å². The van der Waals surface area contributed by atoms with Crippen LogP contribution >= 0.6 is 0 Å². The Morgan fingerprint density at radius 2 is 2.14 bits per heavy atom. The van der Waals surface area contributed by atoms with Gasteiger partial charge in [-0.25, -0.2) is 5.01 Å². The number of nitrogens with zero attached hydrogens (tertiary/aromatic N) is 2. The number of anilines is 1. The van der Waals surface area contributed by atoms with E-state index in [1.54, 1.807) is 0 Å². The Kier molecular flexibility index (Phi) is 3.61. The first-order valence-corrected chi connectivity index (χ1v) is 8.24. The lowest BCUT2D eigenvalue weighted by atomic mass is 10.0. The first-order chi connectivity index (χ1) is 10.3. The van der Waals surface area contributed by atoms with Gasteiger partial charge in [0, 0.05) is 26.2 Å². The summed E-state index contributed by atoms with van der Waals surface area (Å²) in [6.07, 6.45) is 3.06. The molecule has 0 radical (unpaired) electrons. The predicted octanol–water partition coefficient (Wildman–Crippen LogP) is 1.93. The van der Waals surface area contributed by atoms with E-state index in [0.717, 1.165) is 45.2 Å². The van der Waals surface area contributed by atoms with Crippen molar-refractivity contribution in [3.63, 3.8) is 0 Å². The number of rotatable bonds is 6. The van der Waals surface area contributed by atoms with Crippen LogP contribution in [0.15, 0.2) is 18.2 Å². The highest BCUT2D eigenvalue weighted by Gasteiger charge is 2.31. The van der Waals surface area contributed by atoms with Crippen molar-refractivity contribution in [1.29, 1.82) is 0 Å². The maximum absolute atomic E-state index is 5.87. The summed E-state index contributed by atoms with van der Waals surface area (Å²) in [7, 11) is 0. The Labute approximate surface area is 127 Å². The van der Waals surface area contributed by atoms with E-state index in [1.807, 2.05) is 0 Å². The van der Waals surface area contributed by atoms with Crippen molar-refractivity contribution in [3.05, 3.63) is 29.3 Å². The number of hydrogen-bond acceptors (Lipinski definition) is 4. The standard InChI is InChI=1S/C17H25N3O/c1-13-3-2-4-17-16(13)12-19(11-14-9-18-10-14)20(17)7-8-21-15-5-6-15/h2-4,14-15,18H,5-12H2,1H3. The molecule has 21 heavy (non-hydrogen) atoms. The molecule has 0 spiro atoms. The van der Waals surface area contributed by atoms with Crippen LogP contribution in [-0.2, 0) is 11.3 Å². The molecule has 1 saturated carbocycles. The van der Waals surface area contributed by atoms with Gasteiger partial charge in [-0.15, -0.1) is 0 Å². The second-order valence-electron chi connectivity index (χ2n) is 6.64. The van der Waals surface area contributed by atoms with Gasteiger partial charge in [0.15, 0.2) is 0 Å². The summed E-state index contributed by atoms with van der Waals surface area (Å²) < 4.78 is 5.87. The summed E-state index contributed by atoms with van der Waals surface area (Å²) in [6.45, 7) is 8.60. The van der Waals surface area contributed by atoms with Crippen LogP contribution < -0.4 is 10.3 Å². The van der Waals surface area contributed by atoms with Gasteiger partial charge in [0.1, 0.15) is 0 Å². The van der Waals surface area contributed by atoms with E-state index in [2.05, 4.69) is 40.5 Å². The van der Waals surface area contributed by atoms with Gasteiger partial charge in [-0.3, -0.25) is 0 Å². The summed E-state index contributed by atoms with van der Waals surface area (Å²) in [6, 6.07) is 6.67. The highest BCUT2D eigenvalue weighted by Crippen LogP contribution is 2.34. The van der Waals surface area contributed by atoms with Crippen LogP contribution in [0.2, 0.25) is 0 Å². The van der Waals surface area contributed by atoms with E-state index in [9.17, 15) is 0 Å². The van der Waals surface area contributed by atoms with Crippen LogP contribution in [0, 0.1) is 12.8 Å². The Morgan fingerprint density at radius 3 is 2.86 bits per heavy atom. The van der Waals surface area contributed by atoms with Gasteiger partial charge in [0.25, 0.3) is 0 Å². The molecule has 2 heterocycles. The lowest BCUT2D eigenvalue weighted by molar-refractivity contribution is 0.108. The first kappa shape index (κ1) is 13.6. The fourth-order valence-electron chi connectivity index (χ4n) is 3.30. The molecule has 2 aliphatic heterocycles. The summed E-state index contributed by atoms with van der Waals surface area (Å²) in [5.74, 6) is 0.798. The molecule has 0 atom stereocenters. The molecule has 114 valence electrons. The lowest BCUT2D eigenvalue weighted by Gasteiger charge is -2.36. The van der Waals surface area contributed by atoms with Crippen molar-refractivity contribution >= 4 is 5.69 Å². The molecule has 0 bridgehead atoms. The lowest BCUT2D eigenvalue weighted by Crippen LogP contribution is -2.51. The van der Waals surface area contributed by atoms with Crippen molar-refractivity contribution < 1.29 is 4.74 Å². The number of fused-ring (bicyclic) bond motifs is 1. The Morgan fingerprint density at radius 1 is 1.29 bits per heavy atom. The molecule has 4 rings (SSSR count). The molecule has 2 fully saturated rings. The van der Waals surface area contributed by atoms with Crippen molar-refractivity contribution in [2.24, 2.45) is 5.92 Å². The monoisotopic (exact) mass is 287 g/mol.